The first-order valence-electron chi connectivity index (χ1n) is 11.2. The molecule has 0 spiro atoms. The fraction of sp³-hybridized carbons (Fsp3) is 0.320. The van der Waals surface area contributed by atoms with E-state index in [1.807, 2.05) is 0 Å². The van der Waals surface area contributed by atoms with E-state index in [4.69, 9.17) is 18.4 Å². The number of carbonyl (C=O) groups is 1. The number of aryl methyl sites for hydroxylation is 1. The number of allylic oxidation sites excluding steroid dienone is 3. The van der Waals surface area contributed by atoms with Gasteiger partial charge in [-0.3, -0.25) is 0 Å². The highest BCUT2D eigenvalue weighted by Gasteiger charge is 2.52. The molecule has 1 unspecified atom stereocenters. The van der Waals surface area contributed by atoms with Crippen molar-refractivity contribution in [1.29, 1.82) is 0 Å². The number of sulfonamides is 1. The molecule has 0 radical (unpaired) electrons. The van der Waals surface area contributed by atoms with Crippen LogP contribution in [0.25, 0.3) is 17.0 Å². The third-order valence-corrected chi connectivity index (χ3v) is 8.35. The molecule has 0 N–H and O–H groups in total. The lowest BCUT2D eigenvalue weighted by atomic mass is 9.86. The van der Waals surface area contributed by atoms with Crippen molar-refractivity contribution in [2.45, 2.75) is 25.0 Å². The van der Waals surface area contributed by atoms with E-state index in [1.165, 1.54) is 19.6 Å². The molecule has 1 atom stereocenters. The van der Waals surface area contributed by atoms with E-state index in [1.54, 1.807) is 56.3 Å². The van der Waals surface area contributed by atoms with Gasteiger partial charge >= 0.3 is 0 Å². The number of hydrogen-bond donors (Lipinski definition) is 0. The van der Waals surface area contributed by atoms with Crippen LogP contribution in [0.3, 0.4) is 0 Å². The van der Waals surface area contributed by atoms with Crippen LogP contribution in [0.5, 0.6) is 0 Å². The van der Waals surface area contributed by atoms with Gasteiger partial charge in [0, 0.05) is 18.2 Å². The van der Waals surface area contributed by atoms with Gasteiger partial charge in [-0.05, 0) is 43.5 Å². The lowest BCUT2D eigenvalue weighted by molar-refractivity contribution is -0.108. The molecule has 0 amide bonds. The van der Waals surface area contributed by atoms with Crippen LogP contribution in [0.2, 0.25) is 0 Å². The van der Waals surface area contributed by atoms with Crippen LogP contribution in [0.4, 0.5) is 5.88 Å². The second-order valence-corrected chi connectivity index (χ2v) is 10.3. The summed E-state index contributed by atoms with van der Waals surface area (Å²) in [5.41, 5.74) is 2.67. The summed E-state index contributed by atoms with van der Waals surface area (Å²) in [4.78, 5) is 16.9. The van der Waals surface area contributed by atoms with Gasteiger partial charge in [0.15, 0.2) is 4.75 Å². The number of carbonyl (C=O) groups excluding carboxylic acids is 1. The highest BCUT2D eigenvalue weighted by molar-refractivity contribution is 7.95. The number of aromatic nitrogens is 2. The lowest BCUT2D eigenvalue weighted by Crippen LogP contribution is -2.51. The van der Waals surface area contributed by atoms with Gasteiger partial charge < -0.3 is 23.2 Å². The molecule has 0 saturated carbocycles. The zero-order chi connectivity index (χ0) is 25.8. The van der Waals surface area contributed by atoms with Crippen molar-refractivity contribution >= 4 is 27.8 Å². The lowest BCUT2D eigenvalue weighted by Gasteiger charge is -2.36. The molecule has 10 nitrogen and oxygen atoms in total. The first-order chi connectivity index (χ1) is 17.4. The maximum atomic E-state index is 14.3. The van der Waals surface area contributed by atoms with Gasteiger partial charge in [0.05, 0.1) is 25.1 Å². The molecule has 2 heterocycles. The molecule has 190 valence electrons. The Morgan fingerprint density at radius 2 is 1.92 bits per heavy atom. The van der Waals surface area contributed by atoms with E-state index in [0.29, 0.717) is 34.6 Å². The van der Waals surface area contributed by atoms with E-state index >= 15 is 0 Å². The number of hydrogen-bond acceptors (Lipinski definition) is 9. The van der Waals surface area contributed by atoms with Crippen LogP contribution in [-0.2, 0) is 24.3 Å². The summed E-state index contributed by atoms with van der Waals surface area (Å²) in [5, 5.41) is 3.91. The molecule has 3 aromatic rings. The Morgan fingerprint density at radius 1 is 1.17 bits per heavy atom. The zero-order valence-electron chi connectivity index (χ0n) is 20.2. The Hall–Kier alpha value is -3.54. The van der Waals surface area contributed by atoms with E-state index in [9.17, 15) is 13.2 Å². The topological polar surface area (TPSA) is 125 Å². The van der Waals surface area contributed by atoms with Crippen molar-refractivity contribution in [2.75, 3.05) is 31.4 Å². The summed E-state index contributed by atoms with van der Waals surface area (Å²) < 4.78 is 49.0. The van der Waals surface area contributed by atoms with Crippen LogP contribution in [-0.4, -0.2) is 56.6 Å². The van der Waals surface area contributed by atoms with E-state index in [0.717, 1.165) is 9.87 Å². The molecule has 0 bridgehead atoms. The minimum atomic E-state index is -4.42. The largest absolute Gasteiger partial charge is 0.445 e. The van der Waals surface area contributed by atoms with Gasteiger partial charge in [0.1, 0.15) is 19.3 Å². The minimum Gasteiger partial charge on any atom is -0.445 e. The molecule has 4 rings (SSSR count). The Labute approximate surface area is 209 Å². The highest BCUT2D eigenvalue weighted by atomic mass is 32.2. The van der Waals surface area contributed by atoms with E-state index in [-0.39, 0.29) is 32.2 Å². The van der Waals surface area contributed by atoms with Crippen LogP contribution >= 0.6 is 0 Å². The molecule has 1 aromatic carbocycles. The van der Waals surface area contributed by atoms with Crippen molar-refractivity contribution in [3.8, 4) is 11.5 Å². The molecular weight excluding hydrogens is 486 g/mol. The van der Waals surface area contributed by atoms with Crippen molar-refractivity contribution in [2.24, 2.45) is 0 Å². The van der Waals surface area contributed by atoms with Gasteiger partial charge in [-0.15, -0.1) is 0 Å². The third-order valence-electron chi connectivity index (χ3n) is 6.09. The quantitative estimate of drug-likeness (QED) is 0.214. The highest BCUT2D eigenvalue weighted by Crippen LogP contribution is 2.42. The van der Waals surface area contributed by atoms with Crippen molar-refractivity contribution in [3.05, 3.63) is 71.8 Å². The predicted molar refractivity (Wildman–Crippen MR) is 133 cm³/mol. The fourth-order valence-electron chi connectivity index (χ4n) is 3.93. The molecule has 11 heteroatoms. The summed E-state index contributed by atoms with van der Waals surface area (Å²) in [5.74, 6) is 0.433. The summed E-state index contributed by atoms with van der Waals surface area (Å²) in [6.45, 7) is 3.44. The molecule has 1 aliphatic rings. The van der Waals surface area contributed by atoms with Crippen molar-refractivity contribution in [1.82, 2.24) is 10.1 Å². The van der Waals surface area contributed by atoms with Gasteiger partial charge in [-0.25, -0.2) is 17.7 Å². The summed E-state index contributed by atoms with van der Waals surface area (Å²) in [6.07, 6.45) is 8.44. The zero-order valence-corrected chi connectivity index (χ0v) is 21.0. The number of ether oxygens (including phenoxy) is 2. The monoisotopic (exact) mass is 513 g/mol. The number of anilines is 1. The van der Waals surface area contributed by atoms with Crippen LogP contribution in [0, 0.1) is 13.8 Å². The molecule has 1 aliphatic carbocycles. The minimum absolute atomic E-state index is 0.000661. The van der Waals surface area contributed by atoms with Crippen LogP contribution in [0.1, 0.15) is 23.2 Å². The molecule has 0 aliphatic heterocycles. The summed E-state index contributed by atoms with van der Waals surface area (Å²) >= 11 is 0. The average Bonchev–Trinajstić information content (AvgIpc) is 3.55. The summed E-state index contributed by atoms with van der Waals surface area (Å²) in [6, 6.07) is 7.00. The van der Waals surface area contributed by atoms with Crippen LogP contribution in [0.15, 0.2) is 63.9 Å². The Balaban J connectivity index is 1.77. The molecular formula is C25H27N3O7S. The Morgan fingerprint density at radius 3 is 2.53 bits per heavy atom. The van der Waals surface area contributed by atoms with Gasteiger partial charge in [0.2, 0.25) is 11.8 Å². The number of rotatable bonds is 11. The normalized spacial score (nSPS) is 17.7. The van der Waals surface area contributed by atoms with Gasteiger partial charge in [-0.2, -0.15) is 0 Å². The van der Waals surface area contributed by atoms with Gasteiger partial charge in [-0.1, -0.05) is 35.5 Å². The predicted octanol–water partition coefficient (Wildman–Crippen LogP) is 3.68. The smallest absolute Gasteiger partial charge is 0.256 e. The van der Waals surface area contributed by atoms with Crippen LogP contribution < -0.4 is 4.31 Å². The molecule has 2 aromatic heterocycles. The standard InChI is InChI=1S/C25H27N3O7S/c1-18-19(2)27-35-24(18)28(17-33-15-14-32-3)36(30,31)25(16-29)11-5-4-6-22(25)20-7-9-21(10-8-20)23-26-12-13-34-23/h4-10,12-13,16H,11,14-15,17H2,1-3H3. The fourth-order valence-corrected chi connectivity index (χ4v) is 5.82. The Bertz CT molecular complexity index is 1360. The maximum Gasteiger partial charge on any atom is 0.256 e. The average molecular weight is 514 g/mol. The Kier molecular flexibility index (Phi) is 7.53. The molecule has 36 heavy (non-hydrogen) atoms. The van der Waals surface area contributed by atoms with E-state index < -0.39 is 14.8 Å². The number of aldehydes is 1. The van der Waals surface area contributed by atoms with Crippen molar-refractivity contribution in [3.63, 3.8) is 0 Å². The second kappa shape index (κ2) is 10.6. The molecule has 0 fully saturated rings. The van der Waals surface area contributed by atoms with E-state index in [2.05, 4.69) is 10.1 Å². The first-order valence-corrected chi connectivity index (χ1v) is 12.7. The first kappa shape index (κ1) is 25.5. The number of nitrogens with zero attached hydrogens (tertiary/aromatic N) is 3. The van der Waals surface area contributed by atoms with Crippen molar-refractivity contribution < 1.29 is 31.6 Å². The van der Waals surface area contributed by atoms with Gasteiger partial charge in [0.25, 0.3) is 10.0 Å². The second-order valence-electron chi connectivity index (χ2n) is 8.22. The number of benzene rings is 1. The molecule has 0 saturated heterocycles. The maximum absolute atomic E-state index is 14.3. The third kappa shape index (κ3) is 4.52. The SMILES string of the molecule is COCCOCN(c1onc(C)c1C)S(=O)(=O)C1(C=O)CC=CC=C1c1ccc(-c2ncco2)cc1. The summed E-state index contributed by atoms with van der Waals surface area (Å²) in [7, 11) is -2.90. The number of oxazole rings is 1. The number of methoxy groups -OCH3 is 1.